The quantitative estimate of drug-likeness (QED) is 0.733. The third-order valence-electron chi connectivity index (χ3n) is 2.17. The van der Waals surface area contributed by atoms with Gasteiger partial charge in [0, 0.05) is 0 Å². The Balaban J connectivity index is 1.99. The predicted molar refractivity (Wildman–Crippen MR) is 60.8 cm³/mol. The highest BCUT2D eigenvalue weighted by atomic mass is 16.5. The van der Waals surface area contributed by atoms with Crippen molar-refractivity contribution in [3.05, 3.63) is 65.7 Å². The number of ether oxygens (including phenoxy) is 1. The van der Waals surface area contributed by atoms with Crippen LogP contribution >= 0.6 is 0 Å². The molecule has 0 aliphatic rings. The lowest BCUT2D eigenvalue weighted by atomic mass is 10.1. The fourth-order valence-electron chi connectivity index (χ4n) is 1.44. The van der Waals surface area contributed by atoms with Gasteiger partial charge in [0.2, 0.25) is 0 Å². The van der Waals surface area contributed by atoms with Crippen molar-refractivity contribution in [3.8, 4) is 5.75 Å². The first-order valence-corrected chi connectivity index (χ1v) is 4.99. The van der Waals surface area contributed by atoms with Gasteiger partial charge in [0.25, 0.3) is 0 Å². The average Bonchev–Trinajstić information content (AvgIpc) is 2.28. The molecule has 0 saturated carbocycles. The van der Waals surface area contributed by atoms with E-state index in [4.69, 9.17) is 4.74 Å². The molecule has 0 aliphatic carbocycles. The first-order valence-electron chi connectivity index (χ1n) is 4.99. The first kappa shape index (κ1) is 9.78. The second kappa shape index (κ2) is 4.65. The van der Waals surface area contributed by atoms with Gasteiger partial charge in [-0.2, -0.15) is 0 Å². The Morgan fingerprint density at radius 3 is 2.87 bits per heavy atom. The molecule has 1 radical (unpaired) electrons. The largest absolute Gasteiger partial charge is 0.489 e. The van der Waals surface area contributed by atoms with Crippen LogP contribution in [0.15, 0.2) is 48.5 Å². The van der Waals surface area contributed by atoms with Crippen molar-refractivity contribution in [2.45, 2.75) is 13.5 Å². The molecular formula is C14H13O. The van der Waals surface area contributed by atoms with Crippen LogP contribution in [0.2, 0.25) is 0 Å². The van der Waals surface area contributed by atoms with Crippen molar-refractivity contribution in [1.29, 1.82) is 0 Å². The molecule has 0 bridgehead atoms. The van der Waals surface area contributed by atoms with Crippen molar-refractivity contribution < 1.29 is 4.74 Å². The second-order valence-electron chi connectivity index (χ2n) is 3.52. The topological polar surface area (TPSA) is 9.23 Å². The predicted octanol–water partition coefficient (Wildman–Crippen LogP) is 3.37. The molecule has 0 spiro atoms. The Bertz CT molecular complexity index is 420. The molecule has 1 nitrogen and oxygen atoms in total. The van der Waals surface area contributed by atoms with Crippen LogP contribution in [0.4, 0.5) is 0 Å². The van der Waals surface area contributed by atoms with E-state index in [1.807, 2.05) is 30.3 Å². The molecule has 0 aliphatic heterocycles. The van der Waals surface area contributed by atoms with Gasteiger partial charge in [-0.3, -0.25) is 0 Å². The molecule has 0 heterocycles. The fraction of sp³-hybridized carbons (Fsp3) is 0.143. The Morgan fingerprint density at radius 2 is 2.13 bits per heavy atom. The molecular weight excluding hydrogens is 184 g/mol. The van der Waals surface area contributed by atoms with Gasteiger partial charge in [-0.25, -0.2) is 0 Å². The maximum absolute atomic E-state index is 5.62. The molecule has 0 fully saturated rings. The fourth-order valence-corrected chi connectivity index (χ4v) is 1.44. The summed E-state index contributed by atoms with van der Waals surface area (Å²) in [5.41, 5.74) is 2.45. The molecule has 0 unspecified atom stereocenters. The summed E-state index contributed by atoms with van der Waals surface area (Å²) in [5.74, 6) is 0.860. The SMILES string of the molecule is Cc1cccc(COc2c[c]ccc2)c1. The van der Waals surface area contributed by atoms with Crippen LogP contribution in [0.25, 0.3) is 0 Å². The first-order chi connectivity index (χ1) is 7.34. The van der Waals surface area contributed by atoms with Crippen molar-refractivity contribution in [2.24, 2.45) is 0 Å². The number of benzene rings is 2. The van der Waals surface area contributed by atoms with Gasteiger partial charge in [-0.05, 0) is 30.7 Å². The summed E-state index contributed by atoms with van der Waals surface area (Å²) < 4.78 is 5.62. The van der Waals surface area contributed by atoms with Gasteiger partial charge in [0.1, 0.15) is 12.4 Å². The van der Waals surface area contributed by atoms with E-state index in [2.05, 4.69) is 31.2 Å². The van der Waals surface area contributed by atoms with Crippen LogP contribution in [0.1, 0.15) is 11.1 Å². The van der Waals surface area contributed by atoms with Crippen LogP contribution in [0.5, 0.6) is 5.75 Å². The van der Waals surface area contributed by atoms with Crippen molar-refractivity contribution in [2.75, 3.05) is 0 Å². The zero-order valence-electron chi connectivity index (χ0n) is 8.73. The zero-order chi connectivity index (χ0) is 10.5. The van der Waals surface area contributed by atoms with Crippen LogP contribution in [-0.2, 0) is 6.61 Å². The Hall–Kier alpha value is -1.76. The van der Waals surface area contributed by atoms with Crippen molar-refractivity contribution in [3.63, 3.8) is 0 Å². The van der Waals surface area contributed by atoms with E-state index in [0.29, 0.717) is 6.61 Å². The van der Waals surface area contributed by atoms with Gasteiger partial charge in [-0.15, -0.1) is 0 Å². The summed E-state index contributed by atoms with van der Waals surface area (Å²) in [4.78, 5) is 0. The molecule has 75 valence electrons. The van der Waals surface area contributed by atoms with Crippen LogP contribution in [0.3, 0.4) is 0 Å². The zero-order valence-corrected chi connectivity index (χ0v) is 8.73. The van der Waals surface area contributed by atoms with Crippen molar-refractivity contribution in [1.82, 2.24) is 0 Å². The lowest BCUT2D eigenvalue weighted by Crippen LogP contribution is -1.95. The third kappa shape index (κ3) is 2.84. The molecule has 2 aromatic carbocycles. The van der Waals surface area contributed by atoms with E-state index in [0.717, 1.165) is 5.75 Å². The van der Waals surface area contributed by atoms with E-state index in [-0.39, 0.29) is 0 Å². The molecule has 2 rings (SSSR count). The Morgan fingerprint density at radius 1 is 1.20 bits per heavy atom. The highest BCUT2D eigenvalue weighted by molar-refractivity contribution is 5.24. The minimum atomic E-state index is 0.611. The molecule has 0 aromatic heterocycles. The van der Waals surface area contributed by atoms with Crippen LogP contribution in [0, 0.1) is 13.0 Å². The Kier molecular flexibility index (Phi) is 3.03. The molecule has 0 saturated heterocycles. The number of aryl methyl sites for hydroxylation is 1. The second-order valence-corrected chi connectivity index (χ2v) is 3.52. The highest BCUT2D eigenvalue weighted by Gasteiger charge is 1.95. The third-order valence-corrected chi connectivity index (χ3v) is 2.17. The minimum Gasteiger partial charge on any atom is -0.489 e. The number of hydrogen-bond acceptors (Lipinski definition) is 1. The smallest absolute Gasteiger partial charge is 0.120 e. The summed E-state index contributed by atoms with van der Waals surface area (Å²) in [6.07, 6.45) is 0. The van der Waals surface area contributed by atoms with E-state index in [1.54, 1.807) is 0 Å². The highest BCUT2D eigenvalue weighted by Crippen LogP contribution is 2.11. The summed E-state index contributed by atoms with van der Waals surface area (Å²) >= 11 is 0. The van der Waals surface area contributed by atoms with Crippen LogP contribution in [-0.4, -0.2) is 0 Å². The standard InChI is InChI=1S/C14H13O/c1-12-6-5-7-13(10-12)11-15-14-8-3-2-4-9-14/h2-3,5-10H,11H2,1H3. The summed E-state index contributed by atoms with van der Waals surface area (Å²) in [6, 6.07) is 18.9. The van der Waals surface area contributed by atoms with Gasteiger partial charge in [0.05, 0.1) is 0 Å². The van der Waals surface area contributed by atoms with Crippen molar-refractivity contribution >= 4 is 0 Å². The van der Waals surface area contributed by atoms with Gasteiger partial charge < -0.3 is 4.74 Å². The molecule has 15 heavy (non-hydrogen) atoms. The normalized spacial score (nSPS) is 9.93. The van der Waals surface area contributed by atoms with E-state index in [1.165, 1.54) is 11.1 Å². The number of rotatable bonds is 3. The van der Waals surface area contributed by atoms with Gasteiger partial charge in [0.15, 0.2) is 0 Å². The molecule has 0 amide bonds. The molecule has 1 heteroatoms. The maximum Gasteiger partial charge on any atom is 0.120 e. The molecule has 0 N–H and O–H groups in total. The van der Waals surface area contributed by atoms with Crippen LogP contribution < -0.4 is 4.74 Å². The van der Waals surface area contributed by atoms with E-state index in [9.17, 15) is 0 Å². The lowest BCUT2D eigenvalue weighted by molar-refractivity contribution is 0.306. The lowest BCUT2D eigenvalue weighted by Gasteiger charge is -2.06. The average molecular weight is 197 g/mol. The van der Waals surface area contributed by atoms with E-state index < -0.39 is 0 Å². The summed E-state index contributed by atoms with van der Waals surface area (Å²) in [5, 5.41) is 0. The number of hydrogen-bond donors (Lipinski definition) is 0. The Labute approximate surface area is 90.3 Å². The summed E-state index contributed by atoms with van der Waals surface area (Å²) in [6.45, 7) is 2.69. The monoisotopic (exact) mass is 197 g/mol. The van der Waals surface area contributed by atoms with Gasteiger partial charge in [-0.1, -0.05) is 42.0 Å². The summed E-state index contributed by atoms with van der Waals surface area (Å²) in [7, 11) is 0. The molecule has 0 atom stereocenters. The maximum atomic E-state index is 5.62. The minimum absolute atomic E-state index is 0.611. The van der Waals surface area contributed by atoms with Gasteiger partial charge >= 0.3 is 0 Å². The molecule has 2 aromatic rings. The van der Waals surface area contributed by atoms with E-state index >= 15 is 0 Å².